The number of aromatic nitrogens is 1. The minimum Gasteiger partial charge on any atom is -0.307 e. The van der Waals surface area contributed by atoms with Crippen molar-refractivity contribution < 1.29 is 4.79 Å². The van der Waals surface area contributed by atoms with Crippen molar-refractivity contribution in [3.8, 4) is 0 Å². The monoisotopic (exact) mass is 280 g/mol. The van der Waals surface area contributed by atoms with Crippen molar-refractivity contribution in [1.29, 1.82) is 0 Å². The molecule has 0 saturated heterocycles. The zero-order valence-electron chi connectivity index (χ0n) is 12.6. The second-order valence-corrected chi connectivity index (χ2v) is 5.31. The van der Waals surface area contributed by atoms with Gasteiger partial charge in [-0.05, 0) is 42.2 Å². The van der Waals surface area contributed by atoms with Gasteiger partial charge in [0.2, 0.25) is 5.91 Å². The van der Waals surface area contributed by atoms with Crippen LogP contribution in [0.1, 0.15) is 36.6 Å². The number of nitrogens with one attached hydrogen (secondary N) is 1. The predicted octanol–water partition coefficient (Wildman–Crippen LogP) is 4.17. The van der Waals surface area contributed by atoms with Crippen molar-refractivity contribution in [2.24, 2.45) is 0 Å². The summed E-state index contributed by atoms with van der Waals surface area (Å²) in [6.07, 6.45) is 3.32. The molecule has 1 aromatic heterocycles. The van der Waals surface area contributed by atoms with E-state index in [4.69, 9.17) is 0 Å². The average molecular weight is 280 g/mol. The van der Waals surface area contributed by atoms with E-state index >= 15 is 0 Å². The smallest absolute Gasteiger partial charge is 0.249 e. The Balaban J connectivity index is 1.98. The number of hydrogen-bond donors (Lipinski definition) is 1. The molecule has 0 fully saturated rings. The highest BCUT2D eigenvalue weighted by atomic mass is 16.1. The van der Waals surface area contributed by atoms with Gasteiger partial charge in [0.15, 0.2) is 0 Å². The van der Waals surface area contributed by atoms with E-state index in [1.165, 1.54) is 11.6 Å². The van der Waals surface area contributed by atoms with Crippen LogP contribution in [0, 0.1) is 6.92 Å². The summed E-state index contributed by atoms with van der Waals surface area (Å²) in [4.78, 5) is 16.1. The maximum absolute atomic E-state index is 11.8. The van der Waals surface area contributed by atoms with E-state index in [9.17, 15) is 4.79 Å². The number of pyridine rings is 1. The SMILES string of the molecule is Cc1cccc(NC(=O)/C=C/c2ccc(C(C)C)cc2)n1. The maximum Gasteiger partial charge on any atom is 0.249 e. The molecule has 3 nitrogen and oxygen atoms in total. The van der Waals surface area contributed by atoms with Gasteiger partial charge in [-0.15, -0.1) is 0 Å². The van der Waals surface area contributed by atoms with Crippen LogP contribution in [0.25, 0.3) is 6.08 Å². The molecule has 108 valence electrons. The largest absolute Gasteiger partial charge is 0.307 e. The van der Waals surface area contributed by atoms with E-state index in [0.29, 0.717) is 11.7 Å². The molecule has 0 aliphatic rings. The fourth-order valence-corrected chi connectivity index (χ4v) is 1.94. The van der Waals surface area contributed by atoms with Crippen LogP contribution in [0.2, 0.25) is 0 Å². The maximum atomic E-state index is 11.8. The molecule has 3 heteroatoms. The van der Waals surface area contributed by atoms with Crippen molar-refractivity contribution in [3.05, 3.63) is 65.4 Å². The van der Waals surface area contributed by atoms with Gasteiger partial charge in [-0.1, -0.05) is 44.2 Å². The summed E-state index contributed by atoms with van der Waals surface area (Å²) in [6.45, 7) is 6.21. The van der Waals surface area contributed by atoms with Gasteiger partial charge in [-0.3, -0.25) is 4.79 Å². The van der Waals surface area contributed by atoms with Crippen molar-refractivity contribution in [2.75, 3.05) is 5.32 Å². The number of amides is 1. The highest BCUT2D eigenvalue weighted by Crippen LogP contribution is 2.15. The number of aryl methyl sites for hydroxylation is 1. The van der Waals surface area contributed by atoms with Gasteiger partial charge in [-0.25, -0.2) is 4.98 Å². The summed E-state index contributed by atoms with van der Waals surface area (Å²) in [7, 11) is 0. The van der Waals surface area contributed by atoms with Crippen LogP contribution in [0.5, 0.6) is 0 Å². The lowest BCUT2D eigenvalue weighted by atomic mass is 10.0. The lowest BCUT2D eigenvalue weighted by Gasteiger charge is -2.04. The lowest BCUT2D eigenvalue weighted by molar-refractivity contribution is -0.111. The fraction of sp³-hybridized carbons (Fsp3) is 0.222. The number of anilines is 1. The highest BCUT2D eigenvalue weighted by Gasteiger charge is 2.00. The van der Waals surface area contributed by atoms with Crippen LogP contribution in [-0.4, -0.2) is 10.9 Å². The average Bonchev–Trinajstić information content (AvgIpc) is 2.45. The Labute approximate surface area is 125 Å². The van der Waals surface area contributed by atoms with E-state index in [1.54, 1.807) is 12.1 Å². The van der Waals surface area contributed by atoms with Crippen LogP contribution in [0.4, 0.5) is 5.82 Å². The minimum atomic E-state index is -0.180. The van der Waals surface area contributed by atoms with Gasteiger partial charge in [0.1, 0.15) is 5.82 Å². The molecule has 0 aliphatic heterocycles. The van der Waals surface area contributed by atoms with Gasteiger partial charge in [-0.2, -0.15) is 0 Å². The highest BCUT2D eigenvalue weighted by molar-refractivity contribution is 6.01. The zero-order chi connectivity index (χ0) is 15.2. The fourth-order valence-electron chi connectivity index (χ4n) is 1.94. The minimum absolute atomic E-state index is 0.180. The Morgan fingerprint density at radius 2 is 1.86 bits per heavy atom. The second-order valence-electron chi connectivity index (χ2n) is 5.31. The van der Waals surface area contributed by atoms with Gasteiger partial charge in [0.25, 0.3) is 0 Å². The van der Waals surface area contributed by atoms with Crippen LogP contribution in [-0.2, 0) is 4.79 Å². The molecule has 0 spiro atoms. The third-order valence-corrected chi connectivity index (χ3v) is 3.17. The molecule has 0 unspecified atom stereocenters. The summed E-state index contributed by atoms with van der Waals surface area (Å²) >= 11 is 0. The second kappa shape index (κ2) is 6.84. The molecular weight excluding hydrogens is 260 g/mol. The summed E-state index contributed by atoms with van der Waals surface area (Å²) in [5, 5.41) is 2.75. The van der Waals surface area contributed by atoms with E-state index in [-0.39, 0.29) is 5.91 Å². The molecule has 0 radical (unpaired) electrons. The number of rotatable bonds is 4. The number of carbonyl (C=O) groups is 1. The van der Waals surface area contributed by atoms with Gasteiger partial charge < -0.3 is 5.32 Å². The van der Waals surface area contributed by atoms with Crippen LogP contribution >= 0.6 is 0 Å². The van der Waals surface area contributed by atoms with E-state index in [1.807, 2.05) is 31.2 Å². The number of benzene rings is 1. The first-order chi connectivity index (χ1) is 10.0. The Bertz CT molecular complexity index is 643. The topological polar surface area (TPSA) is 42.0 Å². The summed E-state index contributed by atoms with van der Waals surface area (Å²) < 4.78 is 0. The molecule has 1 heterocycles. The molecule has 0 atom stereocenters. The summed E-state index contributed by atoms with van der Waals surface area (Å²) in [5.41, 5.74) is 3.17. The predicted molar refractivity (Wildman–Crippen MR) is 87.2 cm³/mol. The standard InChI is InChI=1S/C18H20N2O/c1-13(2)16-10-7-15(8-11-16)9-12-18(21)20-17-6-4-5-14(3)19-17/h4-13H,1-3H3,(H,19,20,21)/b12-9+. The summed E-state index contributed by atoms with van der Waals surface area (Å²) in [6, 6.07) is 13.7. The number of hydrogen-bond acceptors (Lipinski definition) is 2. The lowest BCUT2D eigenvalue weighted by Crippen LogP contribution is -2.09. The Morgan fingerprint density at radius 1 is 1.14 bits per heavy atom. The normalized spacial score (nSPS) is 11.0. The van der Waals surface area contributed by atoms with Crippen molar-refractivity contribution in [3.63, 3.8) is 0 Å². The Kier molecular flexibility index (Phi) is 4.88. The molecule has 1 N–H and O–H groups in total. The first-order valence-electron chi connectivity index (χ1n) is 7.07. The molecular formula is C18H20N2O. The molecule has 1 aromatic carbocycles. The van der Waals surface area contributed by atoms with Gasteiger partial charge in [0, 0.05) is 11.8 Å². The van der Waals surface area contributed by atoms with E-state index < -0.39 is 0 Å². The molecule has 0 saturated carbocycles. The molecule has 21 heavy (non-hydrogen) atoms. The Morgan fingerprint density at radius 3 is 2.48 bits per heavy atom. The molecule has 1 amide bonds. The van der Waals surface area contributed by atoms with Crippen LogP contribution in [0.15, 0.2) is 48.5 Å². The third kappa shape index (κ3) is 4.56. The zero-order valence-corrected chi connectivity index (χ0v) is 12.6. The number of nitrogens with zero attached hydrogens (tertiary/aromatic N) is 1. The van der Waals surface area contributed by atoms with Gasteiger partial charge >= 0.3 is 0 Å². The first kappa shape index (κ1) is 15.0. The van der Waals surface area contributed by atoms with Gasteiger partial charge in [0.05, 0.1) is 0 Å². The van der Waals surface area contributed by atoms with Crippen LogP contribution < -0.4 is 5.32 Å². The first-order valence-corrected chi connectivity index (χ1v) is 7.07. The number of carbonyl (C=O) groups excluding carboxylic acids is 1. The van der Waals surface area contributed by atoms with Crippen LogP contribution in [0.3, 0.4) is 0 Å². The molecule has 2 aromatic rings. The van der Waals surface area contributed by atoms with Crippen molar-refractivity contribution >= 4 is 17.8 Å². The van der Waals surface area contributed by atoms with Crippen molar-refractivity contribution in [2.45, 2.75) is 26.7 Å². The molecule has 2 rings (SSSR count). The van der Waals surface area contributed by atoms with Crippen molar-refractivity contribution in [1.82, 2.24) is 4.98 Å². The van der Waals surface area contributed by atoms with E-state index in [0.717, 1.165) is 11.3 Å². The molecule has 0 aliphatic carbocycles. The quantitative estimate of drug-likeness (QED) is 0.854. The third-order valence-electron chi connectivity index (χ3n) is 3.17. The Hall–Kier alpha value is -2.42. The van der Waals surface area contributed by atoms with E-state index in [2.05, 4.69) is 36.3 Å². The molecule has 0 bridgehead atoms. The summed E-state index contributed by atoms with van der Waals surface area (Å²) in [5.74, 6) is 0.902.